The lowest BCUT2D eigenvalue weighted by molar-refractivity contribution is 0.305. The van der Waals surface area contributed by atoms with Gasteiger partial charge in [0.2, 0.25) is 0 Å². The van der Waals surface area contributed by atoms with Gasteiger partial charge < -0.3 is 10.0 Å². The topological polar surface area (TPSA) is 23.5 Å². The quantitative estimate of drug-likeness (QED) is 0.827. The third-order valence-electron chi connectivity index (χ3n) is 2.05. The van der Waals surface area contributed by atoms with Crippen molar-refractivity contribution in [1.82, 2.24) is 0 Å². The van der Waals surface area contributed by atoms with Crippen LogP contribution in [0.4, 0.5) is 10.1 Å². The summed E-state index contributed by atoms with van der Waals surface area (Å²) in [7, 11) is 0. The maximum absolute atomic E-state index is 13.2. The van der Waals surface area contributed by atoms with Gasteiger partial charge in [-0.15, -0.1) is 0 Å². The Morgan fingerprint density at radius 2 is 2.20 bits per heavy atom. The molecular formula is C12H18FNO. The molecular weight excluding hydrogens is 193 g/mol. The molecule has 0 fully saturated rings. The summed E-state index contributed by atoms with van der Waals surface area (Å²) >= 11 is 0. The maximum Gasteiger partial charge on any atom is 0.128 e. The molecule has 0 unspecified atom stereocenters. The number of aliphatic hydroxyl groups is 1. The fourth-order valence-electron chi connectivity index (χ4n) is 1.19. The molecule has 1 aromatic carbocycles. The first-order valence-corrected chi connectivity index (χ1v) is 4.45. The highest BCUT2D eigenvalue weighted by Crippen LogP contribution is 2.17. The Balaban J connectivity index is 0.00000196. The van der Waals surface area contributed by atoms with Crippen molar-refractivity contribution in [2.24, 2.45) is 0 Å². The smallest absolute Gasteiger partial charge is 0.128 e. The van der Waals surface area contributed by atoms with E-state index in [4.69, 9.17) is 5.11 Å². The minimum Gasteiger partial charge on any atom is -0.395 e. The average Bonchev–Trinajstić information content (AvgIpc) is 2.19. The van der Waals surface area contributed by atoms with E-state index in [0.717, 1.165) is 0 Å². The van der Waals surface area contributed by atoms with Gasteiger partial charge in [-0.05, 0) is 30.8 Å². The van der Waals surface area contributed by atoms with Crippen LogP contribution in [0.25, 0.3) is 0 Å². The normalized spacial score (nSPS) is 9.27. The molecule has 0 heterocycles. The van der Waals surface area contributed by atoms with Crippen molar-refractivity contribution in [3.8, 4) is 0 Å². The van der Waals surface area contributed by atoms with Gasteiger partial charge in [0.15, 0.2) is 0 Å². The van der Waals surface area contributed by atoms with Gasteiger partial charge in [0.05, 0.1) is 6.61 Å². The lowest BCUT2D eigenvalue weighted by Gasteiger charge is -2.19. The molecule has 0 aliphatic carbocycles. The molecule has 0 saturated carbocycles. The monoisotopic (exact) mass is 211 g/mol. The number of anilines is 1. The van der Waals surface area contributed by atoms with Gasteiger partial charge in [0.25, 0.3) is 0 Å². The number of nitrogens with zero attached hydrogens (tertiary/aromatic N) is 1. The number of benzene rings is 1. The van der Waals surface area contributed by atoms with E-state index < -0.39 is 0 Å². The predicted octanol–water partition coefficient (Wildman–Crippen LogP) is 2.71. The summed E-state index contributed by atoms with van der Waals surface area (Å²) in [4.78, 5) is 1.70. The van der Waals surface area contributed by atoms with Crippen LogP contribution < -0.4 is 4.90 Å². The van der Waals surface area contributed by atoms with Crippen LogP contribution in [0.2, 0.25) is 0 Å². The highest BCUT2D eigenvalue weighted by atomic mass is 19.1. The summed E-state index contributed by atoms with van der Waals surface area (Å²) in [6.45, 7) is 5.75. The van der Waals surface area contributed by atoms with Gasteiger partial charge in [-0.3, -0.25) is 0 Å². The first-order chi connectivity index (χ1) is 6.69. The number of rotatable bonds is 4. The molecule has 2 nitrogen and oxygen atoms in total. The van der Waals surface area contributed by atoms with E-state index in [2.05, 4.69) is 6.58 Å². The summed E-state index contributed by atoms with van der Waals surface area (Å²) in [6, 6.07) is 4.95. The van der Waals surface area contributed by atoms with E-state index in [0.29, 0.717) is 17.8 Å². The highest BCUT2D eigenvalue weighted by Gasteiger charge is 2.04. The lowest BCUT2D eigenvalue weighted by atomic mass is 10.2. The molecule has 0 amide bonds. The first-order valence-electron chi connectivity index (χ1n) is 4.45. The van der Waals surface area contributed by atoms with Gasteiger partial charge in [0.1, 0.15) is 5.82 Å². The van der Waals surface area contributed by atoms with Gasteiger partial charge in [-0.25, -0.2) is 4.39 Å². The van der Waals surface area contributed by atoms with Crippen LogP contribution in [0.1, 0.15) is 13.0 Å². The lowest BCUT2D eigenvalue weighted by Crippen LogP contribution is -2.19. The van der Waals surface area contributed by atoms with Crippen molar-refractivity contribution in [2.45, 2.75) is 14.4 Å². The Bertz CT molecular complexity index is 325. The molecule has 0 saturated heterocycles. The molecule has 0 aromatic heterocycles. The molecule has 1 aromatic rings. The van der Waals surface area contributed by atoms with E-state index in [9.17, 15) is 4.39 Å². The number of hydrogen-bond acceptors (Lipinski definition) is 2. The zero-order valence-electron chi connectivity index (χ0n) is 8.20. The minimum atomic E-state index is -0.243. The minimum absolute atomic E-state index is 0. The van der Waals surface area contributed by atoms with Crippen LogP contribution in [0.15, 0.2) is 31.0 Å². The Morgan fingerprint density at radius 3 is 2.67 bits per heavy atom. The molecule has 0 bridgehead atoms. The molecule has 1 N–H and O–H groups in total. The molecule has 3 heteroatoms. The van der Waals surface area contributed by atoms with Crippen molar-refractivity contribution in [2.75, 3.05) is 18.1 Å². The van der Waals surface area contributed by atoms with Crippen LogP contribution in [0.3, 0.4) is 0 Å². The van der Waals surface area contributed by atoms with Crippen molar-refractivity contribution < 1.29 is 9.50 Å². The molecule has 0 aliphatic heterocycles. The molecule has 0 atom stereocenters. The van der Waals surface area contributed by atoms with Crippen molar-refractivity contribution >= 4 is 5.69 Å². The second-order valence-electron chi connectivity index (χ2n) is 3.03. The zero-order chi connectivity index (χ0) is 10.6. The fourth-order valence-corrected chi connectivity index (χ4v) is 1.19. The molecule has 0 aliphatic rings. The molecule has 0 spiro atoms. The first kappa shape index (κ1) is 13.7. The predicted molar refractivity (Wildman–Crippen MR) is 62.5 cm³/mol. The Kier molecular flexibility index (Phi) is 5.64. The Hall–Kier alpha value is -1.35. The van der Waals surface area contributed by atoms with Crippen LogP contribution in [0, 0.1) is 12.7 Å². The number of aryl methyl sites for hydroxylation is 1. The standard InChI is InChI=1S/C11H14FNO.CH4/c1-3-13(6-7-14)10-5-4-9(2)11(12)8-10;/h3-5,8,14H,1,6-7H2,2H3;1H4. The van der Waals surface area contributed by atoms with Crippen LogP contribution in [-0.2, 0) is 0 Å². The summed E-state index contributed by atoms with van der Waals surface area (Å²) in [5.74, 6) is -0.243. The Labute approximate surface area is 90.7 Å². The van der Waals surface area contributed by atoms with Crippen LogP contribution >= 0.6 is 0 Å². The van der Waals surface area contributed by atoms with E-state index >= 15 is 0 Å². The van der Waals surface area contributed by atoms with Gasteiger partial charge >= 0.3 is 0 Å². The number of aliphatic hydroxyl groups excluding tert-OH is 1. The summed E-state index contributed by atoms with van der Waals surface area (Å²) in [5, 5.41) is 8.77. The van der Waals surface area contributed by atoms with E-state index in [1.54, 1.807) is 30.2 Å². The van der Waals surface area contributed by atoms with Gasteiger partial charge in [-0.2, -0.15) is 0 Å². The Morgan fingerprint density at radius 1 is 1.53 bits per heavy atom. The van der Waals surface area contributed by atoms with E-state index in [1.807, 2.05) is 0 Å². The second kappa shape index (κ2) is 6.19. The number of hydrogen-bond donors (Lipinski definition) is 1. The SMILES string of the molecule is C.C=CN(CCO)c1ccc(C)c(F)c1. The number of halogens is 1. The summed E-state index contributed by atoms with van der Waals surface area (Å²) in [6.07, 6.45) is 1.57. The maximum atomic E-state index is 13.2. The van der Waals surface area contributed by atoms with E-state index in [1.165, 1.54) is 6.07 Å². The van der Waals surface area contributed by atoms with Crippen molar-refractivity contribution in [1.29, 1.82) is 0 Å². The third kappa shape index (κ3) is 3.36. The van der Waals surface area contributed by atoms with Crippen LogP contribution in [-0.4, -0.2) is 18.3 Å². The van der Waals surface area contributed by atoms with Crippen LogP contribution in [0.5, 0.6) is 0 Å². The highest BCUT2D eigenvalue weighted by molar-refractivity contribution is 5.50. The summed E-state index contributed by atoms with van der Waals surface area (Å²) in [5.41, 5.74) is 1.32. The second-order valence-corrected chi connectivity index (χ2v) is 3.03. The fraction of sp³-hybridized carbons (Fsp3) is 0.333. The van der Waals surface area contributed by atoms with Crippen molar-refractivity contribution in [3.63, 3.8) is 0 Å². The van der Waals surface area contributed by atoms with Crippen molar-refractivity contribution in [3.05, 3.63) is 42.4 Å². The van der Waals surface area contributed by atoms with Gasteiger partial charge in [-0.1, -0.05) is 20.1 Å². The van der Waals surface area contributed by atoms with E-state index in [-0.39, 0.29) is 19.9 Å². The van der Waals surface area contributed by atoms with Gasteiger partial charge in [0, 0.05) is 12.2 Å². The molecule has 15 heavy (non-hydrogen) atoms. The molecule has 1 rings (SSSR count). The zero-order valence-corrected chi connectivity index (χ0v) is 8.20. The largest absolute Gasteiger partial charge is 0.395 e. The average molecular weight is 211 g/mol. The third-order valence-corrected chi connectivity index (χ3v) is 2.05. The summed E-state index contributed by atoms with van der Waals surface area (Å²) < 4.78 is 13.2. The molecule has 0 radical (unpaired) electrons. The molecule has 84 valence electrons.